The number of benzene rings is 1. The standard InChI is InChI=1S/C21H24N4O2S2/c26-29(27)12-10-24(11-13-29)17-6-8-25(9-7-17)20-18-14-19(16-4-2-1-3-5-16)28-21(18)23-15-22-20/h1-5,14-15,17H,6-13H2. The van der Waals surface area contributed by atoms with Crippen LogP contribution < -0.4 is 4.90 Å². The zero-order valence-electron chi connectivity index (χ0n) is 16.2. The van der Waals surface area contributed by atoms with E-state index >= 15 is 0 Å². The Morgan fingerprint density at radius 2 is 1.69 bits per heavy atom. The van der Waals surface area contributed by atoms with Crippen LogP contribution in [0.4, 0.5) is 5.82 Å². The van der Waals surface area contributed by atoms with Gasteiger partial charge in [0.05, 0.1) is 16.9 Å². The van der Waals surface area contributed by atoms with Gasteiger partial charge in [0.25, 0.3) is 0 Å². The molecule has 0 spiro atoms. The number of hydrogen-bond donors (Lipinski definition) is 0. The van der Waals surface area contributed by atoms with Gasteiger partial charge in [0.2, 0.25) is 0 Å². The van der Waals surface area contributed by atoms with Crippen LogP contribution in [0.15, 0.2) is 42.7 Å². The second-order valence-corrected chi connectivity index (χ2v) is 11.1. The first-order valence-electron chi connectivity index (χ1n) is 10.1. The van der Waals surface area contributed by atoms with E-state index in [0.717, 1.165) is 42.0 Å². The van der Waals surface area contributed by atoms with Crippen molar-refractivity contribution in [2.45, 2.75) is 18.9 Å². The first-order chi connectivity index (χ1) is 14.1. The topological polar surface area (TPSA) is 66.4 Å². The average molecular weight is 429 g/mol. The highest BCUT2D eigenvalue weighted by Gasteiger charge is 2.30. The molecule has 0 bridgehead atoms. The number of thiophene rings is 1. The Bertz CT molecular complexity index is 1090. The van der Waals surface area contributed by atoms with Gasteiger partial charge >= 0.3 is 0 Å². The van der Waals surface area contributed by atoms with Crippen LogP contribution >= 0.6 is 11.3 Å². The monoisotopic (exact) mass is 428 g/mol. The molecule has 152 valence electrons. The highest BCUT2D eigenvalue weighted by atomic mass is 32.2. The number of sulfone groups is 1. The number of fused-ring (bicyclic) bond motifs is 1. The summed E-state index contributed by atoms with van der Waals surface area (Å²) in [5.74, 6) is 1.63. The first kappa shape index (κ1) is 19.0. The van der Waals surface area contributed by atoms with Crippen molar-refractivity contribution >= 4 is 37.2 Å². The third kappa shape index (κ3) is 3.89. The molecule has 2 aliphatic heterocycles. The van der Waals surface area contributed by atoms with E-state index in [-0.39, 0.29) is 0 Å². The van der Waals surface area contributed by atoms with Crippen molar-refractivity contribution in [2.24, 2.45) is 0 Å². The molecule has 2 aromatic heterocycles. The normalized spacial score (nSPS) is 20.9. The molecule has 0 aliphatic carbocycles. The van der Waals surface area contributed by atoms with Gasteiger partial charge in [0.1, 0.15) is 17.0 Å². The van der Waals surface area contributed by atoms with Crippen LogP contribution in [-0.2, 0) is 9.84 Å². The summed E-state index contributed by atoms with van der Waals surface area (Å²) in [6.45, 7) is 3.23. The van der Waals surface area contributed by atoms with Crippen molar-refractivity contribution in [2.75, 3.05) is 42.6 Å². The predicted octanol–water partition coefficient (Wildman–Crippen LogP) is 3.06. The van der Waals surface area contributed by atoms with Crippen LogP contribution in [0, 0.1) is 0 Å². The first-order valence-corrected chi connectivity index (χ1v) is 12.7. The number of rotatable bonds is 3. The SMILES string of the molecule is O=S1(=O)CCN(C2CCN(c3ncnc4sc(-c5ccccc5)cc34)CC2)CC1. The van der Waals surface area contributed by atoms with E-state index in [9.17, 15) is 8.42 Å². The lowest BCUT2D eigenvalue weighted by molar-refractivity contribution is 0.182. The van der Waals surface area contributed by atoms with E-state index in [1.54, 1.807) is 17.7 Å². The van der Waals surface area contributed by atoms with E-state index in [0.29, 0.717) is 30.6 Å². The second kappa shape index (κ2) is 7.66. The second-order valence-electron chi connectivity index (χ2n) is 7.80. The summed E-state index contributed by atoms with van der Waals surface area (Å²) in [6, 6.07) is 13.1. The van der Waals surface area contributed by atoms with Gasteiger partial charge in [-0.3, -0.25) is 4.90 Å². The van der Waals surface area contributed by atoms with Crippen molar-refractivity contribution < 1.29 is 8.42 Å². The van der Waals surface area contributed by atoms with Crippen molar-refractivity contribution in [3.63, 3.8) is 0 Å². The Hall–Kier alpha value is -2.03. The van der Waals surface area contributed by atoms with Crippen molar-refractivity contribution in [3.05, 3.63) is 42.7 Å². The Kier molecular flexibility index (Phi) is 5.01. The lowest BCUT2D eigenvalue weighted by Gasteiger charge is -2.40. The zero-order valence-corrected chi connectivity index (χ0v) is 17.8. The number of anilines is 1. The van der Waals surface area contributed by atoms with Gasteiger partial charge in [-0.1, -0.05) is 30.3 Å². The summed E-state index contributed by atoms with van der Waals surface area (Å²) in [6.07, 6.45) is 3.76. The highest BCUT2D eigenvalue weighted by Crippen LogP contribution is 2.36. The highest BCUT2D eigenvalue weighted by molar-refractivity contribution is 7.91. The van der Waals surface area contributed by atoms with E-state index < -0.39 is 9.84 Å². The van der Waals surface area contributed by atoms with Gasteiger partial charge < -0.3 is 4.90 Å². The van der Waals surface area contributed by atoms with Gasteiger partial charge in [-0.2, -0.15) is 0 Å². The van der Waals surface area contributed by atoms with Crippen LogP contribution in [0.1, 0.15) is 12.8 Å². The molecule has 4 heterocycles. The molecule has 0 unspecified atom stereocenters. The van der Waals surface area contributed by atoms with E-state index in [1.165, 1.54) is 10.4 Å². The van der Waals surface area contributed by atoms with Gasteiger partial charge in [-0.25, -0.2) is 18.4 Å². The quantitative estimate of drug-likeness (QED) is 0.639. The van der Waals surface area contributed by atoms with Crippen LogP contribution in [0.3, 0.4) is 0 Å². The van der Waals surface area contributed by atoms with Crippen LogP contribution in [0.25, 0.3) is 20.7 Å². The molecule has 0 radical (unpaired) electrons. The molecule has 0 saturated carbocycles. The van der Waals surface area contributed by atoms with Crippen molar-refractivity contribution in [1.82, 2.24) is 14.9 Å². The summed E-state index contributed by atoms with van der Waals surface area (Å²) < 4.78 is 23.4. The Balaban J connectivity index is 1.33. The molecular weight excluding hydrogens is 404 g/mol. The molecule has 6 nitrogen and oxygen atoms in total. The number of hydrogen-bond acceptors (Lipinski definition) is 7. The van der Waals surface area contributed by atoms with Crippen LogP contribution in [0.2, 0.25) is 0 Å². The van der Waals surface area contributed by atoms with Gasteiger partial charge in [0.15, 0.2) is 9.84 Å². The third-order valence-electron chi connectivity index (χ3n) is 6.03. The molecule has 0 amide bonds. The van der Waals surface area contributed by atoms with Gasteiger partial charge in [0, 0.05) is 37.1 Å². The minimum absolute atomic E-state index is 0.302. The lowest BCUT2D eigenvalue weighted by atomic mass is 10.0. The molecule has 5 rings (SSSR count). The maximum atomic E-state index is 11.7. The summed E-state index contributed by atoms with van der Waals surface area (Å²) >= 11 is 1.71. The fourth-order valence-electron chi connectivity index (χ4n) is 4.37. The van der Waals surface area contributed by atoms with Crippen molar-refractivity contribution in [3.8, 4) is 10.4 Å². The van der Waals surface area contributed by atoms with E-state index in [4.69, 9.17) is 0 Å². The lowest BCUT2D eigenvalue weighted by Crippen LogP contribution is -2.50. The molecule has 0 N–H and O–H groups in total. The summed E-state index contributed by atoms with van der Waals surface area (Å²) in [5.41, 5.74) is 1.21. The fourth-order valence-corrected chi connectivity index (χ4v) is 6.60. The average Bonchev–Trinajstić information content (AvgIpc) is 3.19. The molecular formula is C21H24N4O2S2. The molecule has 2 fully saturated rings. The molecule has 2 aliphatic rings. The van der Waals surface area contributed by atoms with Crippen LogP contribution in [-0.4, -0.2) is 67.0 Å². The third-order valence-corrected chi connectivity index (χ3v) is 8.73. The Labute approximate surface area is 175 Å². The van der Waals surface area contributed by atoms with E-state index in [2.05, 4.69) is 50.1 Å². The van der Waals surface area contributed by atoms with Crippen LogP contribution in [0.5, 0.6) is 0 Å². The number of aromatic nitrogens is 2. The molecule has 29 heavy (non-hydrogen) atoms. The summed E-state index contributed by atoms with van der Waals surface area (Å²) in [4.78, 5) is 16.1. The Morgan fingerprint density at radius 1 is 0.966 bits per heavy atom. The smallest absolute Gasteiger partial charge is 0.152 e. The maximum absolute atomic E-state index is 11.7. The molecule has 8 heteroatoms. The number of nitrogens with zero attached hydrogens (tertiary/aromatic N) is 4. The van der Waals surface area contributed by atoms with Gasteiger partial charge in [-0.05, 0) is 24.5 Å². The predicted molar refractivity (Wildman–Crippen MR) is 118 cm³/mol. The molecule has 0 atom stereocenters. The molecule has 2 saturated heterocycles. The van der Waals surface area contributed by atoms with Crippen molar-refractivity contribution in [1.29, 1.82) is 0 Å². The Morgan fingerprint density at radius 3 is 2.41 bits per heavy atom. The fraction of sp³-hybridized carbons (Fsp3) is 0.429. The van der Waals surface area contributed by atoms with E-state index in [1.807, 2.05) is 6.07 Å². The molecule has 1 aromatic carbocycles. The zero-order chi connectivity index (χ0) is 19.8. The number of piperidine rings is 1. The summed E-state index contributed by atoms with van der Waals surface area (Å²) in [5, 5.41) is 1.12. The minimum atomic E-state index is -2.82. The summed E-state index contributed by atoms with van der Waals surface area (Å²) in [7, 11) is -2.82. The maximum Gasteiger partial charge on any atom is 0.152 e. The minimum Gasteiger partial charge on any atom is -0.356 e. The largest absolute Gasteiger partial charge is 0.356 e. The molecule has 3 aromatic rings. The van der Waals surface area contributed by atoms with Gasteiger partial charge in [-0.15, -0.1) is 11.3 Å².